The fourth-order valence-electron chi connectivity index (χ4n) is 6.80. The zero-order valence-electron chi connectivity index (χ0n) is 24.2. The summed E-state index contributed by atoms with van der Waals surface area (Å²) >= 11 is 0. The Morgan fingerprint density at radius 3 is 2.14 bits per heavy atom. The normalized spacial score (nSPS) is 22.9. The van der Waals surface area contributed by atoms with Crippen LogP contribution < -0.4 is 4.72 Å². The minimum absolute atomic E-state index is 0.0233. The largest absolute Gasteiger partial charge is 0.481 e. The molecule has 2 aliphatic rings. The third-order valence-corrected chi connectivity index (χ3v) is 10.7. The van der Waals surface area contributed by atoms with Crippen molar-refractivity contribution in [2.45, 2.75) is 55.5 Å². The van der Waals surface area contributed by atoms with Crippen LogP contribution in [0.4, 0.5) is 0 Å². The minimum Gasteiger partial charge on any atom is -0.481 e. The topological polar surface area (TPSA) is 109 Å². The quantitative estimate of drug-likeness (QED) is 0.281. The second-order valence-corrected chi connectivity index (χ2v) is 13.6. The average molecular weight is 600 g/mol. The van der Waals surface area contributed by atoms with Crippen LogP contribution in [0, 0.1) is 11.8 Å². The number of carboxylic acids is 1. The number of hydrogen-bond donors (Lipinski definition) is 2. The molecule has 2 unspecified atom stereocenters. The highest BCUT2D eigenvalue weighted by atomic mass is 32.2. The van der Waals surface area contributed by atoms with E-state index in [9.17, 15) is 23.1 Å². The Morgan fingerprint density at radius 2 is 1.47 bits per heavy atom. The second kappa shape index (κ2) is 12.0. The lowest BCUT2D eigenvalue weighted by Gasteiger charge is -2.41. The zero-order chi connectivity index (χ0) is 30.1. The van der Waals surface area contributed by atoms with E-state index in [1.165, 1.54) is 0 Å². The first-order valence-corrected chi connectivity index (χ1v) is 16.4. The number of nitrogens with zero attached hydrogens (tertiary/aromatic N) is 2. The molecule has 8 nitrogen and oxygen atoms in total. The molecule has 0 spiro atoms. The molecule has 3 aromatic carbocycles. The van der Waals surface area contributed by atoms with Crippen LogP contribution in [0.2, 0.25) is 0 Å². The number of carbonyl (C=O) groups excluding carboxylic acids is 1. The van der Waals surface area contributed by atoms with Crippen molar-refractivity contribution in [3.05, 3.63) is 90.5 Å². The molecule has 0 radical (unpaired) electrons. The Balaban J connectivity index is 1.13. The molecule has 1 saturated carbocycles. The van der Waals surface area contributed by atoms with Crippen molar-refractivity contribution < 1.29 is 23.1 Å². The lowest BCUT2D eigenvalue weighted by Crippen LogP contribution is -2.48. The molecule has 2 fully saturated rings. The van der Waals surface area contributed by atoms with E-state index in [-0.39, 0.29) is 35.3 Å². The molecular formula is C34H37N3O5S. The van der Waals surface area contributed by atoms with E-state index >= 15 is 0 Å². The molecule has 1 aliphatic carbocycles. The summed E-state index contributed by atoms with van der Waals surface area (Å²) in [5.41, 5.74) is 4.05. The van der Waals surface area contributed by atoms with Gasteiger partial charge in [-0.05, 0) is 73.9 Å². The standard InChI is InChI=1S/C34H37N3O5S/c1-36-30-19-17-29(20-27(30)21-32(36)24-10-6-3-7-11-24)43(41,42)35-28-15-12-25(13-16-28)33(38)37-22-26(34(39)40)14-18-31(37)23-8-4-2-5-9-23/h2-11,17,19-21,25-26,28,31,35H,12-16,18,22H2,1H3,(H,39,40). The van der Waals surface area contributed by atoms with Gasteiger partial charge in [-0.3, -0.25) is 9.59 Å². The summed E-state index contributed by atoms with van der Waals surface area (Å²) in [6, 6.07) is 26.6. The molecule has 2 N–H and O–H groups in total. The fraction of sp³-hybridized carbons (Fsp3) is 0.353. The number of rotatable bonds is 7. The van der Waals surface area contributed by atoms with E-state index in [0.717, 1.165) is 27.7 Å². The highest BCUT2D eigenvalue weighted by Crippen LogP contribution is 2.37. The Morgan fingerprint density at radius 1 is 0.814 bits per heavy atom. The number of aromatic nitrogens is 1. The van der Waals surface area contributed by atoms with Gasteiger partial charge in [-0.2, -0.15) is 0 Å². The number of carboxylic acid groups (broad SMARTS) is 1. The summed E-state index contributed by atoms with van der Waals surface area (Å²) in [6.07, 6.45) is 3.36. The highest BCUT2D eigenvalue weighted by molar-refractivity contribution is 7.89. The van der Waals surface area contributed by atoms with Crippen LogP contribution >= 0.6 is 0 Å². The van der Waals surface area contributed by atoms with Gasteiger partial charge in [-0.1, -0.05) is 60.7 Å². The Kier molecular flexibility index (Phi) is 8.11. The van der Waals surface area contributed by atoms with Gasteiger partial charge in [0.25, 0.3) is 0 Å². The Hall–Kier alpha value is -3.95. The van der Waals surface area contributed by atoms with Gasteiger partial charge in [-0.15, -0.1) is 0 Å². The van der Waals surface area contributed by atoms with E-state index in [1.54, 1.807) is 17.0 Å². The van der Waals surface area contributed by atoms with Crippen LogP contribution in [0.3, 0.4) is 0 Å². The number of hydrogen-bond acceptors (Lipinski definition) is 4. The summed E-state index contributed by atoms with van der Waals surface area (Å²) in [6.45, 7) is 0.203. The fourth-order valence-corrected chi connectivity index (χ4v) is 8.14. The van der Waals surface area contributed by atoms with Crippen molar-refractivity contribution in [2.24, 2.45) is 18.9 Å². The first-order valence-electron chi connectivity index (χ1n) is 15.0. The van der Waals surface area contributed by atoms with Gasteiger partial charge < -0.3 is 14.6 Å². The monoisotopic (exact) mass is 599 g/mol. The number of aryl methyl sites for hydroxylation is 1. The summed E-state index contributed by atoms with van der Waals surface area (Å²) in [4.78, 5) is 27.5. The van der Waals surface area contributed by atoms with Gasteiger partial charge in [0.1, 0.15) is 0 Å². The molecule has 1 amide bonds. The SMILES string of the molecule is Cn1c(-c2ccccc2)cc2cc(S(=O)(=O)NC3CCC(C(=O)N4CC(C(=O)O)CCC4c4ccccc4)CC3)ccc21. The van der Waals surface area contributed by atoms with Crippen molar-refractivity contribution in [1.82, 2.24) is 14.2 Å². The maximum Gasteiger partial charge on any atom is 0.308 e. The number of aliphatic carboxylic acids is 1. The number of nitrogens with one attached hydrogen (secondary N) is 1. The number of fused-ring (bicyclic) bond motifs is 1. The molecule has 224 valence electrons. The smallest absolute Gasteiger partial charge is 0.308 e. The van der Waals surface area contributed by atoms with Crippen molar-refractivity contribution in [1.29, 1.82) is 0 Å². The minimum atomic E-state index is -3.76. The Labute approximate surface area is 252 Å². The summed E-state index contributed by atoms with van der Waals surface area (Å²) in [5.74, 6) is -1.72. The van der Waals surface area contributed by atoms with Crippen LogP contribution in [0.1, 0.15) is 50.1 Å². The number of likely N-dealkylation sites (tertiary alicyclic amines) is 1. The van der Waals surface area contributed by atoms with Gasteiger partial charge in [-0.25, -0.2) is 13.1 Å². The molecule has 0 bridgehead atoms. The zero-order valence-corrected chi connectivity index (χ0v) is 25.0. The predicted molar refractivity (Wildman–Crippen MR) is 166 cm³/mol. The molecule has 1 aromatic heterocycles. The molecule has 9 heteroatoms. The summed E-state index contributed by atoms with van der Waals surface area (Å²) < 4.78 is 31.8. The van der Waals surface area contributed by atoms with Crippen molar-refractivity contribution in [3.8, 4) is 11.3 Å². The van der Waals surface area contributed by atoms with Gasteiger partial charge in [0.15, 0.2) is 0 Å². The molecule has 2 atom stereocenters. The van der Waals surface area contributed by atoms with E-state index < -0.39 is 21.9 Å². The molecule has 6 rings (SSSR count). The first-order chi connectivity index (χ1) is 20.7. The number of piperidine rings is 1. The van der Waals surface area contributed by atoms with Gasteiger partial charge >= 0.3 is 5.97 Å². The van der Waals surface area contributed by atoms with Crippen molar-refractivity contribution in [2.75, 3.05) is 6.54 Å². The number of sulfonamides is 1. The lowest BCUT2D eigenvalue weighted by atomic mass is 9.83. The summed E-state index contributed by atoms with van der Waals surface area (Å²) in [7, 11) is -1.78. The molecule has 4 aromatic rings. The number of amides is 1. The number of benzene rings is 3. The van der Waals surface area contributed by atoms with Crippen LogP contribution in [-0.2, 0) is 26.7 Å². The molecule has 1 aliphatic heterocycles. The lowest BCUT2D eigenvalue weighted by molar-refractivity contribution is -0.149. The van der Waals surface area contributed by atoms with Gasteiger partial charge in [0, 0.05) is 42.1 Å². The third kappa shape index (κ3) is 5.96. The first kappa shape index (κ1) is 29.1. The maximum atomic E-state index is 13.8. The van der Waals surface area contributed by atoms with Crippen LogP contribution in [0.15, 0.2) is 89.8 Å². The highest BCUT2D eigenvalue weighted by Gasteiger charge is 2.39. The van der Waals surface area contributed by atoms with Crippen LogP contribution in [-0.4, -0.2) is 47.5 Å². The van der Waals surface area contributed by atoms with Crippen LogP contribution in [0.25, 0.3) is 22.2 Å². The second-order valence-electron chi connectivity index (χ2n) is 11.9. The summed E-state index contributed by atoms with van der Waals surface area (Å²) in [5, 5.41) is 10.5. The van der Waals surface area contributed by atoms with Crippen molar-refractivity contribution in [3.63, 3.8) is 0 Å². The molecule has 1 saturated heterocycles. The maximum absolute atomic E-state index is 13.8. The molecule has 2 heterocycles. The van der Waals surface area contributed by atoms with Crippen molar-refractivity contribution >= 4 is 32.8 Å². The van der Waals surface area contributed by atoms with Gasteiger partial charge in [0.2, 0.25) is 15.9 Å². The molecule has 43 heavy (non-hydrogen) atoms. The van der Waals surface area contributed by atoms with E-state index in [4.69, 9.17) is 0 Å². The molecular weight excluding hydrogens is 562 g/mol. The third-order valence-electron chi connectivity index (χ3n) is 9.19. The van der Waals surface area contributed by atoms with E-state index in [0.29, 0.717) is 38.5 Å². The Bertz CT molecular complexity index is 1730. The average Bonchev–Trinajstić information content (AvgIpc) is 3.37. The van der Waals surface area contributed by atoms with E-state index in [1.807, 2.05) is 79.8 Å². The number of carbonyl (C=O) groups is 2. The van der Waals surface area contributed by atoms with Gasteiger partial charge in [0.05, 0.1) is 16.9 Å². The van der Waals surface area contributed by atoms with E-state index in [2.05, 4.69) is 9.29 Å². The predicted octanol–water partition coefficient (Wildman–Crippen LogP) is 5.75. The van der Waals surface area contributed by atoms with Crippen LogP contribution in [0.5, 0.6) is 0 Å².